The summed E-state index contributed by atoms with van der Waals surface area (Å²) in [6.07, 6.45) is 0. The van der Waals surface area contributed by atoms with Gasteiger partial charge in [-0.25, -0.2) is 9.97 Å². The molecule has 4 aromatic carbocycles. The molecule has 0 unspecified atom stereocenters. The molecule has 6 nitrogen and oxygen atoms in total. The highest BCUT2D eigenvalue weighted by atomic mass is 27.2. The molecule has 0 aliphatic rings. The van der Waals surface area contributed by atoms with Gasteiger partial charge in [0.1, 0.15) is 22.5 Å². The van der Waals surface area contributed by atoms with E-state index in [2.05, 4.69) is 29.0 Å². The third-order valence-corrected chi connectivity index (χ3v) is 7.56. The molecule has 0 bridgehead atoms. The Balaban J connectivity index is 0.000000165. The zero-order valence-corrected chi connectivity index (χ0v) is 25.5. The first-order chi connectivity index (χ1) is 20.0. The summed E-state index contributed by atoms with van der Waals surface area (Å²) in [5.41, 5.74) is 4.95. The van der Waals surface area contributed by atoms with Gasteiger partial charge < -0.3 is 15.2 Å². The first-order valence-corrected chi connectivity index (χ1v) is 15.1. The number of nitrogens with zero attached hydrogens (tertiary/aromatic N) is 2. The van der Waals surface area contributed by atoms with E-state index in [0.29, 0.717) is 0 Å². The summed E-state index contributed by atoms with van der Waals surface area (Å²) in [6.45, 7) is 6.01. The second kappa shape index (κ2) is 14.0. The molecule has 0 N–H and O–H groups in total. The molecule has 6 rings (SSSR count). The summed E-state index contributed by atoms with van der Waals surface area (Å²) in [5, 5.41) is 2.15. The summed E-state index contributed by atoms with van der Waals surface area (Å²) in [4.78, 5) is 9.08. The highest BCUT2D eigenvalue weighted by Crippen LogP contribution is 2.25. The van der Waals surface area contributed by atoms with Crippen LogP contribution >= 0.6 is 0 Å². The van der Waals surface area contributed by atoms with Crippen LogP contribution in [0.2, 0.25) is 0 Å². The van der Waals surface area contributed by atoms with Crippen LogP contribution in [0.15, 0.2) is 115 Å². The van der Waals surface area contributed by atoms with Gasteiger partial charge in [-0.1, -0.05) is 72.3 Å². The van der Waals surface area contributed by atoms with Crippen molar-refractivity contribution in [1.82, 2.24) is 9.97 Å². The van der Waals surface area contributed by atoms with Crippen LogP contribution in [0, 0.1) is 20.8 Å². The summed E-state index contributed by atoms with van der Waals surface area (Å²) in [7, 11) is 0. The first kappa shape index (κ1) is 28.5. The minimum Gasteiger partial charge on any atom is -0.616 e. The number of aryl methyl sites for hydroxylation is 3. The normalized spacial score (nSPS) is 10.3. The van der Waals surface area contributed by atoms with Crippen LogP contribution in [0.3, 0.4) is 0 Å². The number of benzene rings is 4. The van der Waals surface area contributed by atoms with Crippen LogP contribution in [0.5, 0.6) is 23.0 Å². The van der Waals surface area contributed by atoms with Crippen LogP contribution in [0.4, 0.5) is 0 Å². The zero-order valence-electron chi connectivity index (χ0n) is 23.2. The predicted molar refractivity (Wildman–Crippen MR) is 165 cm³/mol. The van der Waals surface area contributed by atoms with E-state index in [9.17, 15) is 0 Å². The molecule has 0 aliphatic heterocycles. The Morgan fingerprint density at radius 1 is 0.439 bits per heavy atom. The van der Waals surface area contributed by atoms with Crippen LogP contribution in [0.1, 0.15) is 17.0 Å². The van der Waals surface area contributed by atoms with Gasteiger partial charge in [-0.05, 0) is 69.3 Å². The Morgan fingerprint density at radius 2 is 0.927 bits per heavy atom. The van der Waals surface area contributed by atoms with E-state index in [4.69, 9.17) is 15.2 Å². The molecule has 8 heteroatoms. The molecule has 0 spiro atoms. The van der Waals surface area contributed by atoms with Crippen LogP contribution in [-0.2, 0) is 0 Å². The Morgan fingerprint density at radius 3 is 1.44 bits per heavy atom. The van der Waals surface area contributed by atoms with Crippen LogP contribution in [0.25, 0.3) is 21.8 Å². The molecule has 2 radical (unpaired) electrons. The maximum absolute atomic E-state index is 5.81. The predicted octanol–water partition coefficient (Wildman–Crippen LogP) is 7.38. The molecule has 0 saturated carbocycles. The van der Waals surface area contributed by atoms with Gasteiger partial charge in [0.2, 0.25) is 0 Å². The highest BCUT2D eigenvalue weighted by Gasteiger charge is 2.10. The van der Waals surface area contributed by atoms with Gasteiger partial charge in [-0.15, -0.1) is 0 Å². The van der Waals surface area contributed by atoms with Crippen molar-refractivity contribution in [2.45, 2.75) is 20.8 Å². The second-order valence-electron chi connectivity index (χ2n) is 9.35. The number of rotatable bonds is 8. The molecule has 2 heterocycles. The Labute approximate surface area is 253 Å². The topological polar surface area (TPSA) is 62.7 Å². The molecule has 0 saturated heterocycles. The van der Waals surface area contributed by atoms with Crippen molar-refractivity contribution in [1.29, 1.82) is 0 Å². The Kier molecular flexibility index (Phi) is 9.76. The molecular weight excluding hydrogens is 542 g/mol. The standard InChI is InChI=1S/2C10H9NO.C7H8O.C6H6O.2Al/c2*1-7-5-6-8-3-2-4-9(12)10(8)11-7;1-6-2-4-7(8)5-3-6;7-6-4-2-1-3-5-6;;/h2*2-6,12H,1H3;2-5,8H,1H3;1-5,7H;;/q;;;;2*+2/p-4. The second-order valence-corrected chi connectivity index (χ2v) is 10.7. The van der Waals surface area contributed by atoms with E-state index < -0.39 is 31.8 Å². The van der Waals surface area contributed by atoms with E-state index in [-0.39, 0.29) is 0 Å². The summed E-state index contributed by atoms with van der Waals surface area (Å²) >= 11 is -1.23. The van der Waals surface area contributed by atoms with E-state index in [0.717, 1.165) is 56.2 Å². The van der Waals surface area contributed by atoms with Crippen LogP contribution < -0.4 is 15.2 Å². The fourth-order valence-electron chi connectivity index (χ4n) is 4.00. The van der Waals surface area contributed by atoms with Crippen molar-refractivity contribution in [2.24, 2.45) is 0 Å². The Bertz CT molecular complexity index is 1730. The summed E-state index contributed by atoms with van der Waals surface area (Å²) in [6, 6.07) is 37.6. The lowest BCUT2D eigenvalue weighted by atomic mass is 10.2. The third kappa shape index (κ3) is 8.01. The monoisotopic (exact) mass is 570 g/mol. The largest absolute Gasteiger partial charge is 0.881 e. The quantitative estimate of drug-likeness (QED) is 0.178. The summed E-state index contributed by atoms with van der Waals surface area (Å²) in [5.74, 6) is 3.21. The fourth-order valence-corrected chi connectivity index (χ4v) is 5.22. The molecule has 0 aliphatic carbocycles. The molecule has 200 valence electrons. The molecule has 0 fully saturated rings. The third-order valence-electron chi connectivity index (χ3n) is 6.13. The maximum Gasteiger partial charge on any atom is 0.881 e. The number of hydrogen-bond acceptors (Lipinski definition) is 6. The number of para-hydroxylation sites is 3. The lowest BCUT2D eigenvalue weighted by Crippen LogP contribution is -2.11. The molecule has 2 aromatic heterocycles. The van der Waals surface area contributed by atoms with Crippen LogP contribution in [-0.4, -0.2) is 41.7 Å². The molecule has 0 amide bonds. The summed E-state index contributed by atoms with van der Waals surface area (Å²) < 4.78 is 22.9. The van der Waals surface area contributed by atoms with Gasteiger partial charge in [-0.3, -0.25) is 0 Å². The minimum atomic E-state index is -0.617. The minimum absolute atomic E-state index is 0.609. The maximum atomic E-state index is 5.81. The Hall–Kier alpha value is -4.04. The van der Waals surface area contributed by atoms with Gasteiger partial charge in [-0.2, -0.15) is 0 Å². The lowest BCUT2D eigenvalue weighted by Gasteiger charge is -2.10. The number of hydrogen-bond donors (Lipinski definition) is 0. The average Bonchev–Trinajstić information content (AvgIpc) is 2.99. The SMILES string of the molecule is Cc1ccc([O][Al][O]c2cccc3ccc(C)nc23)cc1.Cc1ccc2cccc([O][Al][O]c3ccccc3)c2n1. The first-order valence-electron chi connectivity index (χ1n) is 13.2. The van der Waals surface area contributed by atoms with E-state index in [1.165, 1.54) is 5.56 Å². The fraction of sp³-hybridized carbons (Fsp3) is 0.0909. The van der Waals surface area contributed by atoms with Crippen molar-refractivity contribution in [2.75, 3.05) is 0 Å². The van der Waals surface area contributed by atoms with E-state index in [1.807, 2.05) is 117 Å². The van der Waals surface area contributed by atoms with E-state index in [1.54, 1.807) is 0 Å². The average molecular weight is 571 g/mol. The molecular formula is C33H28Al2N2O4. The van der Waals surface area contributed by atoms with Gasteiger partial charge in [0.05, 0.1) is 11.5 Å². The van der Waals surface area contributed by atoms with Crippen molar-refractivity contribution in [3.63, 3.8) is 0 Å². The van der Waals surface area contributed by atoms with Gasteiger partial charge in [0.15, 0.2) is 0 Å². The van der Waals surface area contributed by atoms with Crippen molar-refractivity contribution in [3.05, 3.63) is 132 Å². The van der Waals surface area contributed by atoms with Crippen molar-refractivity contribution in [3.8, 4) is 23.0 Å². The molecule has 0 atom stereocenters. The van der Waals surface area contributed by atoms with Crippen molar-refractivity contribution < 1.29 is 15.2 Å². The number of fused-ring (bicyclic) bond motifs is 2. The lowest BCUT2D eigenvalue weighted by molar-refractivity contribution is 0.460. The van der Waals surface area contributed by atoms with Crippen molar-refractivity contribution >= 4 is 53.6 Å². The van der Waals surface area contributed by atoms with Gasteiger partial charge in [0, 0.05) is 22.2 Å². The van der Waals surface area contributed by atoms with E-state index >= 15 is 0 Å². The van der Waals surface area contributed by atoms with Gasteiger partial charge in [0.25, 0.3) is 0 Å². The molecule has 41 heavy (non-hydrogen) atoms. The van der Waals surface area contributed by atoms with Gasteiger partial charge >= 0.3 is 31.8 Å². The molecule has 6 aromatic rings. The highest BCUT2D eigenvalue weighted by molar-refractivity contribution is 6.21. The number of aromatic nitrogens is 2. The zero-order chi connectivity index (χ0) is 28.4. The number of pyridine rings is 2. The smallest absolute Gasteiger partial charge is 0.616 e.